The molecule has 0 bridgehead atoms. The summed E-state index contributed by atoms with van der Waals surface area (Å²) >= 11 is 0. The summed E-state index contributed by atoms with van der Waals surface area (Å²) < 4.78 is 33.6. The van der Waals surface area contributed by atoms with Crippen molar-refractivity contribution >= 4 is 32.4 Å². The molecule has 1 unspecified atom stereocenters. The molecule has 1 saturated heterocycles. The number of aromatic amines is 1. The molecule has 1 aliphatic rings. The summed E-state index contributed by atoms with van der Waals surface area (Å²) in [5, 5.41) is 11.1. The lowest BCUT2D eigenvalue weighted by Gasteiger charge is -2.10. The van der Waals surface area contributed by atoms with E-state index in [2.05, 4.69) is 14.7 Å². The second kappa shape index (κ2) is 6.88. The highest BCUT2D eigenvalue weighted by molar-refractivity contribution is 7.92. The van der Waals surface area contributed by atoms with Crippen LogP contribution in [0.4, 0.5) is 11.4 Å². The first-order valence-corrected chi connectivity index (χ1v) is 10.2. The first kappa shape index (κ1) is 18.4. The number of aromatic nitrogens is 2. The standard InChI is InChI=1S/C18H18N4O5S/c1-11-15(22(23)24)4-2-6-17(11)28(25,26)21-12-7-8-13-14(10-12)20-18(19-13)16-5-3-9-27-16/h2,4,6-8,10,16,21H,3,5,9H2,1H3,(H,19,20). The van der Waals surface area contributed by atoms with Crippen LogP contribution in [0.15, 0.2) is 41.3 Å². The Morgan fingerprint density at radius 2 is 2.14 bits per heavy atom. The lowest BCUT2D eigenvalue weighted by atomic mass is 10.2. The van der Waals surface area contributed by atoms with Crippen LogP contribution in [0.25, 0.3) is 11.0 Å². The Balaban J connectivity index is 1.65. The third-order valence-electron chi connectivity index (χ3n) is 4.73. The van der Waals surface area contributed by atoms with Crippen molar-refractivity contribution in [3.63, 3.8) is 0 Å². The molecule has 0 amide bonds. The molecule has 146 valence electrons. The van der Waals surface area contributed by atoms with Crippen LogP contribution in [-0.2, 0) is 14.8 Å². The van der Waals surface area contributed by atoms with E-state index in [0.29, 0.717) is 23.3 Å². The van der Waals surface area contributed by atoms with Crippen molar-refractivity contribution in [3.8, 4) is 0 Å². The summed E-state index contributed by atoms with van der Waals surface area (Å²) in [5.74, 6) is 0.724. The van der Waals surface area contributed by atoms with E-state index in [1.165, 1.54) is 25.1 Å². The molecule has 2 heterocycles. The van der Waals surface area contributed by atoms with Gasteiger partial charge in [0.1, 0.15) is 11.9 Å². The summed E-state index contributed by atoms with van der Waals surface area (Å²) in [7, 11) is -3.99. The van der Waals surface area contributed by atoms with Crippen LogP contribution in [0.3, 0.4) is 0 Å². The fourth-order valence-corrected chi connectivity index (χ4v) is 4.65. The van der Waals surface area contributed by atoms with Gasteiger partial charge in [-0.15, -0.1) is 0 Å². The molecular formula is C18H18N4O5S. The van der Waals surface area contributed by atoms with Gasteiger partial charge in [-0.2, -0.15) is 0 Å². The monoisotopic (exact) mass is 402 g/mol. The van der Waals surface area contributed by atoms with Gasteiger partial charge in [-0.25, -0.2) is 13.4 Å². The van der Waals surface area contributed by atoms with Gasteiger partial charge in [0.15, 0.2) is 0 Å². The van der Waals surface area contributed by atoms with Crippen molar-refractivity contribution < 1.29 is 18.1 Å². The smallest absolute Gasteiger partial charge is 0.273 e. The Hall–Kier alpha value is -2.98. The van der Waals surface area contributed by atoms with Crippen molar-refractivity contribution in [2.75, 3.05) is 11.3 Å². The quantitative estimate of drug-likeness (QED) is 0.497. The minimum Gasteiger partial charge on any atom is -0.370 e. The largest absolute Gasteiger partial charge is 0.370 e. The summed E-state index contributed by atoms with van der Waals surface area (Å²) in [5.41, 5.74) is 1.57. The summed E-state index contributed by atoms with van der Waals surface area (Å²) in [4.78, 5) is 18.0. The number of fused-ring (bicyclic) bond motifs is 1. The summed E-state index contributed by atoms with van der Waals surface area (Å²) in [6, 6.07) is 8.93. The second-order valence-electron chi connectivity index (χ2n) is 6.62. The molecule has 2 N–H and O–H groups in total. The van der Waals surface area contributed by atoms with Gasteiger partial charge >= 0.3 is 0 Å². The van der Waals surface area contributed by atoms with Gasteiger partial charge in [-0.3, -0.25) is 14.8 Å². The van der Waals surface area contributed by atoms with Crippen LogP contribution in [-0.4, -0.2) is 29.9 Å². The topological polar surface area (TPSA) is 127 Å². The number of imidazole rings is 1. The first-order valence-electron chi connectivity index (χ1n) is 8.73. The normalized spacial score (nSPS) is 17.1. The molecule has 3 aromatic rings. The van der Waals surface area contributed by atoms with E-state index in [1.54, 1.807) is 18.2 Å². The number of nitrogens with one attached hydrogen (secondary N) is 2. The Labute approximate surface area is 160 Å². The number of hydrogen-bond acceptors (Lipinski definition) is 6. The predicted molar refractivity (Wildman–Crippen MR) is 103 cm³/mol. The molecule has 1 fully saturated rings. The highest BCUT2D eigenvalue weighted by Gasteiger charge is 2.24. The van der Waals surface area contributed by atoms with E-state index in [1.807, 2.05) is 0 Å². The maximum absolute atomic E-state index is 12.8. The number of anilines is 1. The zero-order chi connectivity index (χ0) is 19.9. The molecular weight excluding hydrogens is 384 g/mol. The number of H-pyrrole nitrogens is 1. The Morgan fingerprint density at radius 1 is 1.32 bits per heavy atom. The van der Waals surface area contributed by atoms with Crippen LogP contribution in [0.2, 0.25) is 0 Å². The highest BCUT2D eigenvalue weighted by atomic mass is 32.2. The second-order valence-corrected chi connectivity index (χ2v) is 8.27. The molecule has 10 heteroatoms. The molecule has 4 rings (SSSR count). The van der Waals surface area contributed by atoms with Crippen LogP contribution in [0.1, 0.15) is 30.3 Å². The molecule has 1 atom stereocenters. The van der Waals surface area contributed by atoms with E-state index in [-0.39, 0.29) is 22.3 Å². The Bertz CT molecular complexity index is 1170. The number of rotatable bonds is 5. The SMILES string of the molecule is Cc1c([N+](=O)[O-])cccc1S(=O)(=O)Nc1ccc2nc(C3CCCO3)[nH]c2c1. The predicted octanol–water partition coefficient (Wildman–Crippen LogP) is 3.43. The highest BCUT2D eigenvalue weighted by Crippen LogP contribution is 2.30. The average Bonchev–Trinajstić information content (AvgIpc) is 3.30. The summed E-state index contributed by atoms with van der Waals surface area (Å²) in [6.07, 6.45) is 1.81. The molecule has 0 saturated carbocycles. The number of nitrogens with zero attached hydrogens (tertiary/aromatic N) is 2. The van der Waals surface area contributed by atoms with E-state index in [0.717, 1.165) is 18.7 Å². The molecule has 2 aromatic carbocycles. The van der Waals surface area contributed by atoms with E-state index >= 15 is 0 Å². The van der Waals surface area contributed by atoms with Crippen LogP contribution in [0.5, 0.6) is 0 Å². The molecule has 0 spiro atoms. The molecule has 0 aliphatic carbocycles. The van der Waals surface area contributed by atoms with Gasteiger partial charge in [0.25, 0.3) is 15.7 Å². The van der Waals surface area contributed by atoms with Gasteiger partial charge in [-0.1, -0.05) is 6.07 Å². The molecule has 9 nitrogen and oxygen atoms in total. The zero-order valence-corrected chi connectivity index (χ0v) is 15.8. The Kier molecular flexibility index (Phi) is 4.52. The van der Waals surface area contributed by atoms with Crippen molar-refractivity contribution in [2.24, 2.45) is 0 Å². The van der Waals surface area contributed by atoms with Crippen LogP contribution >= 0.6 is 0 Å². The molecule has 1 aromatic heterocycles. The van der Waals surface area contributed by atoms with Crippen LogP contribution < -0.4 is 4.72 Å². The average molecular weight is 402 g/mol. The van der Waals surface area contributed by atoms with Crippen molar-refractivity contribution in [1.82, 2.24) is 9.97 Å². The minimum absolute atomic E-state index is 0.0694. The minimum atomic E-state index is -3.99. The van der Waals surface area contributed by atoms with Crippen molar-refractivity contribution in [3.05, 3.63) is 57.9 Å². The number of hydrogen-bond donors (Lipinski definition) is 2. The Morgan fingerprint density at radius 3 is 2.86 bits per heavy atom. The number of sulfonamides is 1. The van der Waals surface area contributed by atoms with Crippen molar-refractivity contribution in [1.29, 1.82) is 0 Å². The third kappa shape index (κ3) is 3.32. The van der Waals surface area contributed by atoms with Crippen molar-refractivity contribution in [2.45, 2.75) is 30.8 Å². The third-order valence-corrected chi connectivity index (χ3v) is 6.25. The van der Waals surface area contributed by atoms with E-state index < -0.39 is 14.9 Å². The maximum Gasteiger partial charge on any atom is 0.273 e. The van der Waals surface area contributed by atoms with Gasteiger partial charge in [0.05, 0.1) is 26.5 Å². The number of ether oxygens (including phenoxy) is 1. The van der Waals surface area contributed by atoms with Gasteiger partial charge in [0, 0.05) is 18.2 Å². The van der Waals surface area contributed by atoms with E-state index in [9.17, 15) is 18.5 Å². The van der Waals surface area contributed by atoms with Gasteiger partial charge in [-0.05, 0) is 44.0 Å². The fraction of sp³-hybridized carbons (Fsp3) is 0.278. The maximum atomic E-state index is 12.8. The lowest BCUT2D eigenvalue weighted by molar-refractivity contribution is -0.385. The number of nitro groups is 1. The number of nitro benzene ring substituents is 1. The number of benzene rings is 2. The fourth-order valence-electron chi connectivity index (χ4n) is 3.34. The first-order chi connectivity index (χ1) is 13.3. The molecule has 1 aliphatic heterocycles. The molecule has 28 heavy (non-hydrogen) atoms. The van der Waals surface area contributed by atoms with E-state index in [4.69, 9.17) is 4.74 Å². The van der Waals surface area contributed by atoms with Gasteiger partial charge in [0.2, 0.25) is 0 Å². The molecule has 0 radical (unpaired) electrons. The lowest BCUT2D eigenvalue weighted by Crippen LogP contribution is -2.14. The summed E-state index contributed by atoms with van der Waals surface area (Å²) in [6.45, 7) is 2.12. The van der Waals surface area contributed by atoms with Gasteiger partial charge < -0.3 is 9.72 Å². The van der Waals surface area contributed by atoms with Crippen LogP contribution in [0, 0.1) is 17.0 Å². The zero-order valence-electron chi connectivity index (χ0n) is 15.0.